The molecular weight excluding hydrogens is 328 g/mol. The van der Waals surface area contributed by atoms with E-state index in [2.05, 4.69) is 5.32 Å². The number of likely N-dealkylation sites (tertiary alicyclic amines) is 1. The van der Waals surface area contributed by atoms with Crippen molar-refractivity contribution in [2.45, 2.75) is 51.9 Å². The van der Waals surface area contributed by atoms with Gasteiger partial charge in [-0.1, -0.05) is 57.0 Å². The second-order valence-corrected chi connectivity index (χ2v) is 7.89. The van der Waals surface area contributed by atoms with E-state index in [0.717, 1.165) is 31.2 Å². The van der Waals surface area contributed by atoms with Gasteiger partial charge in [-0.15, -0.1) is 0 Å². The minimum Gasteiger partial charge on any atom is -0.396 e. The van der Waals surface area contributed by atoms with Gasteiger partial charge in [0.25, 0.3) is 0 Å². The number of carbonyl (C=O) groups excluding carboxylic acids is 2. The van der Waals surface area contributed by atoms with Crippen molar-refractivity contribution in [3.05, 3.63) is 35.9 Å². The van der Waals surface area contributed by atoms with Crippen LogP contribution in [0.4, 0.5) is 0 Å². The Hall–Kier alpha value is -1.88. The minimum absolute atomic E-state index is 0.000634. The Morgan fingerprint density at radius 3 is 2.58 bits per heavy atom. The Morgan fingerprint density at radius 2 is 1.88 bits per heavy atom. The molecule has 0 radical (unpaired) electrons. The standard InChI is InChI=1S/C21H32N2O3/c1-21(2,16-24)18(17-10-6-5-7-11-17)14-22-19(25)15-23-13-9-4-3-8-12-20(23)26/h5-7,10-11,18,24H,3-4,8-9,12-16H2,1-2H3,(H,22,25). The molecule has 1 heterocycles. The second kappa shape index (κ2) is 9.72. The highest BCUT2D eigenvalue weighted by Gasteiger charge is 2.30. The molecule has 1 fully saturated rings. The van der Waals surface area contributed by atoms with Crippen molar-refractivity contribution in [2.24, 2.45) is 5.41 Å². The average Bonchev–Trinajstić information content (AvgIpc) is 2.62. The summed E-state index contributed by atoms with van der Waals surface area (Å²) in [6.45, 7) is 5.26. The number of carbonyl (C=O) groups is 2. The van der Waals surface area contributed by atoms with Gasteiger partial charge in [-0.05, 0) is 23.8 Å². The van der Waals surface area contributed by atoms with Gasteiger partial charge in [0.05, 0.1) is 6.54 Å². The summed E-state index contributed by atoms with van der Waals surface area (Å²) >= 11 is 0. The van der Waals surface area contributed by atoms with E-state index in [0.29, 0.717) is 19.5 Å². The highest BCUT2D eigenvalue weighted by Crippen LogP contribution is 2.34. The molecule has 1 unspecified atom stereocenters. The first-order valence-corrected chi connectivity index (χ1v) is 9.64. The fraction of sp³-hybridized carbons (Fsp3) is 0.619. The monoisotopic (exact) mass is 360 g/mol. The number of aliphatic hydroxyl groups is 1. The Bertz CT molecular complexity index is 586. The summed E-state index contributed by atoms with van der Waals surface area (Å²) in [5.41, 5.74) is 0.736. The Morgan fingerprint density at radius 1 is 1.19 bits per heavy atom. The van der Waals surface area contributed by atoms with Gasteiger partial charge in [0.15, 0.2) is 0 Å². The summed E-state index contributed by atoms with van der Waals surface area (Å²) in [5.74, 6) is -0.0515. The van der Waals surface area contributed by atoms with Crippen LogP contribution in [0, 0.1) is 5.41 Å². The third kappa shape index (κ3) is 5.84. The molecule has 2 N–H and O–H groups in total. The maximum Gasteiger partial charge on any atom is 0.239 e. The number of aliphatic hydroxyl groups excluding tert-OH is 1. The third-order valence-corrected chi connectivity index (χ3v) is 5.31. The van der Waals surface area contributed by atoms with E-state index in [9.17, 15) is 14.7 Å². The topological polar surface area (TPSA) is 69.6 Å². The maximum atomic E-state index is 12.4. The Labute approximate surface area is 156 Å². The second-order valence-electron chi connectivity index (χ2n) is 7.89. The van der Waals surface area contributed by atoms with Gasteiger partial charge >= 0.3 is 0 Å². The zero-order valence-electron chi connectivity index (χ0n) is 16.0. The van der Waals surface area contributed by atoms with Crippen molar-refractivity contribution in [3.63, 3.8) is 0 Å². The number of nitrogens with one attached hydrogen (secondary N) is 1. The number of hydrogen-bond acceptors (Lipinski definition) is 3. The molecule has 0 saturated carbocycles. The van der Waals surface area contributed by atoms with Crippen LogP contribution in [-0.2, 0) is 9.59 Å². The number of rotatable bonds is 7. The number of amides is 2. The van der Waals surface area contributed by atoms with E-state index in [1.807, 2.05) is 44.2 Å². The molecule has 0 aromatic heterocycles. The molecule has 2 rings (SSSR count). The molecule has 2 amide bonds. The number of benzene rings is 1. The largest absolute Gasteiger partial charge is 0.396 e. The molecule has 5 nitrogen and oxygen atoms in total. The first-order valence-electron chi connectivity index (χ1n) is 9.64. The summed E-state index contributed by atoms with van der Waals surface area (Å²) in [6, 6.07) is 9.94. The molecule has 5 heteroatoms. The summed E-state index contributed by atoms with van der Waals surface area (Å²) in [6.07, 6.45) is 4.63. The van der Waals surface area contributed by atoms with Crippen molar-refractivity contribution >= 4 is 11.8 Å². The molecule has 1 atom stereocenters. The quantitative estimate of drug-likeness (QED) is 0.785. The predicted octanol–water partition coefficient (Wildman–Crippen LogP) is 2.70. The molecule has 0 spiro atoms. The van der Waals surface area contributed by atoms with Gasteiger partial charge in [0.1, 0.15) is 0 Å². The zero-order chi connectivity index (χ0) is 19.0. The van der Waals surface area contributed by atoms with Gasteiger partial charge in [0.2, 0.25) is 11.8 Å². The highest BCUT2D eigenvalue weighted by atomic mass is 16.3. The van der Waals surface area contributed by atoms with Crippen LogP contribution in [0.2, 0.25) is 0 Å². The van der Waals surface area contributed by atoms with Crippen molar-refractivity contribution in [2.75, 3.05) is 26.2 Å². The molecule has 1 aliphatic rings. The Kier molecular flexibility index (Phi) is 7.64. The van der Waals surface area contributed by atoms with Gasteiger partial charge in [-0.25, -0.2) is 0 Å². The van der Waals surface area contributed by atoms with E-state index in [-0.39, 0.29) is 36.3 Å². The van der Waals surface area contributed by atoms with Crippen LogP contribution in [0.3, 0.4) is 0 Å². The number of hydrogen-bond donors (Lipinski definition) is 2. The van der Waals surface area contributed by atoms with Gasteiger partial charge in [-0.3, -0.25) is 9.59 Å². The first kappa shape index (κ1) is 20.4. The summed E-state index contributed by atoms with van der Waals surface area (Å²) < 4.78 is 0. The number of nitrogens with zero attached hydrogens (tertiary/aromatic N) is 1. The lowest BCUT2D eigenvalue weighted by Crippen LogP contribution is -2.44. The van der Waals surface area contributed by atoms with E-state index in [1.165, 1.54) is 0 Å². The zero-order valence-corrected chi connectivity index (χ0v) is 16.0. The van der Waals surface area contributed by atoms with Crippen molar-refractivity contribution < 1.29 is 14.7 Å². The highest BCUT2D eigenvalue weighted by molar-refractivity contribution is 5.84. The molecule has 1 aliphatic heterocycles. The summed E-state index contributed by atoms with van der Waals surface area (Å²) in [5, 5.41) is 12.8. The van der Waals surface area contributed by atoms with Gasteiger partial charge in [-0.2, -0.15) is 0 Å². The lowest BCUT2D eigenvalue weighted by Gasteiger charge is -2.33. The molecule has 1 saturated heterocycles. The maximum absolute atomic E-state index is 12.4. The van der Waals surface area contributed by atoms with E-state index in [1.54, 1.807) is 4.90 Å². The fourth-order valence-corrected chi connectivity index (χ4v) is 3.47. The normalized spacial score (nSPS) is 17.3. The predicted molar refractivity (Wildman–Crippen MR) is 103 cm³/mol. The molecule has 1 aromatic carbocycles. The molecular formula is C21H32N2O3. The lowest BCUT2D eigenvalue weighted by atomic mass is 9.75. The van der Waals surface area contributed by atoms with Crippen LogP contribution >= 0.6 is 0 Å². The van der Waals surface area contributed by atoms with Crippen LogP contribution in [0.1, 0.15) is 57.4 Å². The van der Waals surface area contributed by atoms with Crippen LogP contribution in [0.15, 0.2) is 30.3 Å². The summed E-state index contributed by atoms with van der Waals surface area (Å²) in [7, 11) is 0. The average molecular weight is 360 g/mol. The Balaban J connectivity index is 1.97. The molecule has 0 aliphatic carbocycles. The molecule has 0 bridgehead atoms. The van der Waals surface area contributed by atoms with Gasteiger partial charge < -0.3 is 15.3 Å². The van der Waals surface area contributed by atoms with Crippen molar-refractivity contribution in [1.29, 1.82) is 0 Å². The molecule has 26 heavy (non-hydrogen) atoms. The minimum atomic E-state index is -0.356. The van der Waals surface area contributed by atoms with Crippen LogP contribution in [-0.4, -0.2) is 48.1 Å². The van der Waals surface area contributed by atoms with E-state index in [4.69, 9.17) is 0 Å². The van der Waals surface area contributed by atoms with Crippen LogP contribution in [0.5, 0.6) is 0 Å². The van der Waals surface area contributed by atoms with Crippen LogP contribution < -0.4 is 5.32 Å². The van der Waals surface area contributed by atoms with Crippen molar-refractivity contribution in [3.8, 4) is 0 Å². The first-order chi connectivity index (χ1) is 12.4. The lowest BCUT2D eigenvalue weighted by molar-refractivity contribution is -0.136. The molecule has 144 valence electrons. The van der Waals surface area contributed by atoms with Crippen LogP contribution in [0.25, 0.3) is 0 Å². The smallest absolute Gasteiger partial charge is 0.239 e. The van der Waals surface area contributed by atoms with E-state index < -0.39 is 0 Å². The summed E-state index contributed by atoms with van der Waals surface area (Å²) in [4.78, 5) is 26.3. The van der Waals surface area contributed by atoms with E-state index >= 15 is 0 Å². The fourth-order valence-electron chi connectivity index (χ4n) is 3.47. The SMILES string of the molecule is CC(C)(CO)C(CNC(=O)CN1CCCCCCC1=O)c1ccccc1. The van der Waals surface area contributed by atoms with Crippen molar-refractivity contribution in [1.82, 2.24) is 10.2 Å². The van der Waals surface area contributed by atoms with Gasteiger partial charge in [0, 0.05) is 32.0 Å². The molecule has 1 aromatic rings. The third-order valence-electron chi connectivity index (χ3n) is 5.31.